The van der Waals surface area contributed by atoms with Gasteiger partial charge in [-0.05, 0) is 40.2 Å². The SMILES string of the molecule is CC(C)(C)OC(=O)N1CCCCNC1. The van der Waals surface area contributed by atoms with E-state index in [9.17, 15) is 4.79 Å². The topological polar surface area (TPSA) is 41.6 Å². The number of ether oxygens (including phenoxy) is 1. The molecule has 0 aromatic heterocycles. The van der Waals surface area contributed by atoms with Gasteiger partial charge in [-0.1, -0.05) is 0 Å². The molecule has 0 bridgehead atoms. The van der Waals surface area contributed by atoms with Gasteiger partial charge in [-0.15, -0.1) is 0 Å². The number of hydrogen-bond donors (Lipinski definition) is 1. The van der Waals surface area contributed by atoms with E-state index in [1.54, 1.807) is 4.90 Å². The third-order valence-corrected chi connectivity index (χ3v) is 1.99. The fourth-order valence-corrected chi connectivity index (χ4v) is 1.33. The Balaban J connectivity index is 2.42. The molecule has 1 rings (SSSR count). The molecule has 0 radical (unpaired) electrons. The maximum absolute atomic E-state index is 11.6. The predicted molar refractivity (Wildman–Crippen MR) is 55.0 cm³/mol. The fourth-order valence-electron chi connectivity index (χ4n) is 1.33. The van der Waals surface area contributed by atoms with Crippen LogP contribution >= 0.6 is 0 Å². The second-order valence-electron chi connectivity index (χ2n) is 4.61. The van der Waals surface area contributed by atoms with Crippen LogP contribution in [0.15, 0.2) is 0 Å². The highest BCUT2D eigenvalue weighted by atomic mass is 16.6. The van der Waals surface area contributed by atoms with Crippen LogP contribution in [-0.4, -0.2) is 36.4 Å². The first-order chi connectivity index (χ1) is 6.49. The summed E-state index contributed by atoms with van der Waals surface area (Å²) >= 11 is 0. The van der Waals surface area contributed by atoms with Gasteiger partial charge < -0.3 is 4.74 Å². The van der Waals surface area contributed by atoms with Crippen LogP contribution in [0.1, 0.15) is 33.6 Å². The maximum atomic E-state index is 11.6. The van der Waals surface area contributed by atoms with Crippen molar-refractivity contribution in [1.82, 2.24) is 10.2 Å². The van der Waals surface area contributed by atoms with Crippen LogP contribution in [0, 0.1) is 0 Å². The third kappa shape index (κ3) is 3.96. The lowest BCUT2D eigenvalue weighted by Crippen LogP contribution is -2.41. The number of carbonyl (C=O) groups excluding carboxylic acids is 1. The summed E-state index contributed by atoms with van der Waals surface area (Å²) in [6.45, 7) is 8.04. The molecule has 82 valence electrons. The highest BCUT2D eigenvalue weighted by Crippen LogP contribution is 2.10. The Morgan fingerprint density at radius 3 is 2.71 bits per heavy atom. The Morgan fingerprint density at radius 1 is 1.36 bits per heavy atom. The molecule has 0 unspecified atom stereocenters. The molecule has 1 amide bonds. The largest absolute Gasteiger partial charge is 0.444 e. The average Bonchev–Trinajstić information content (AvgIpc) is 2.27. The minimum atomic E-state index is -0.399. The second-order valence-corrected chi connectivity index (χ2v) is 4.61. The predicted octanol–water partition coefficient (Wildman–Crippen LogP) is 1.56. The summed E-state index contributed by atoms with van der Waals surface area (Å²) in [4.78, 5) is 13.4. The summed E-state index contributed by atoms with van der Waals surface area (Å²) in [7, 11) is 0. The Labute approximate surface area is 85.6 Å². The zero-order valence-electron chi connectivity index (χ0n) is 9.30. The fraction of sp³-hybridized carbons (Fsp3) is 0.900. The van der Waals surface area contributed by atoms with Crippen LogP contribution in [0.4, 0.5) is 4.79 Å². The van der Waals surface area contributed by atoms with E-state index in [4.69, 9.17) is 4.74 Å². The summed E-state index contributed by atoms with van der Waals surface area (Å²) in [5, 5.41) is 3.19. The molecular weight excluding hydrogens is 180 g/mol. The van der Waals surface area contributed by atoms with Gasteiger partial charge in [-0.2, -0.15) is 0 Å². The van der Waals surface area contributed by atoms with Crippen molar-refractivity contribution in [2.75, 3.05) is 19.8 Å². The van der Waals surface area contributed by atoms with Crippen molar-refractivity contribution in [3.63, 3.8) is 0 Å². The smallest absolute Gasteiger partial charge is 0.411 e. The van der Waals surface area contributed by atoms with Crippen molar-refractivity contribution in [2.45, 2.75) is 39.2 Å². The Bertz CT molecular complexity index is 191. The number of hydrogen-bond acceptors (Lipinski definition) is 3. The molecule has 0 aromatic carbocycles. The molecule has 4 heteroatoms. The highest BCUT2D eigenvalue weighted by Gasteiger charge is 2.22. The van der Waals surface area contributed by atoms with Crippen LogP contribution in [0.25, 0.3) is 0 Å². The Hall–Kier alpha value is -0.770. The molecule has 0 aliphatic carbocycles. The molecular formula is C10H20N2O2. The zero-order chi connectivity index (χ0) is 10.6. The van der Waals surface area contributed by atoms with Crippen molar-refractivity contribution < 1.29 is 9.53 Å². The van der Waals surface area contributed by atoms with Crippen LogP contribution in [0.5, 0.6) is 0 Å². The summed E-state index contributed by atoms with van der Waals surface area (Å²) in [6.07, 6.45) is 1.96. The van der Waals surface area contributed by atoms with Gasteiger partial charge in [-0.25, -0.2) is 4.79 Å². The molecule has 14 heavy (non-hydrogen) atoms. The minimum absolute atomic E-state index is 0.216. The lowest BCUT2D eigenvalue weighted by molar-refractivity contribution is 0.0247. The van der Waals surface area contributed by atoms with E-state index in [-0.39, 0.29) is 6.09 Å². The second kappa shape index (κ2) is 4.64. The lowest BCUT2D eigenvalue weighted by atomic mass is 10.2. The zero-order valence-corrected chi connectivity index (χ0v) is 9.30. The van der Waals surface area contributed by atoms with E-state index in [0.717, 1.165) is 25.9 Å². The number of carbonyl (C=O) groups is 1. The minimum Gasteiger partial charge on any atom is -0.444 e. The number of nitrogens with one attached hydrogen (secondary N) is 1. The van der Waals surface area contributed by atoms with E-state index in [0.29, 0.717) is 6.67 Å². The van der Waals surface area contributed by atoms with Gasteiger partial charge in [0, 0.05) is 6.54 Å². The van der Waals surface area contributed by atoms with Crippen molar-refractivity contribution in [1.29, 1.82) is 0 Å². The first-order valence-electron chi connectivity index (χ1n) is 5.18. The van der Waals surface area contributed by atoms with Gasteiger partial charge in [-0.3, -0.25) is 10.2 Å². The monoisotopic (exact) mass is 200 g/mol. The first-order valence-corrected chi connectivity index (χ1v) is 5.18. The molecule has 1 saturated heterocycles. The molecule has 0 aromatic rings. The summed E-state index contributed by atoms with van der Waals surface area (Å²) in [6, 6.07) is 0. The normalized spacial score (nSPS) is 18.9. The van der Waals surface area contributed by atoms with Crippen molar-refractivity contribution in [3.05, 3.63) is 0 Å². The van der Waals surface area contributed by atoms with Gasteiger partial charge >= 0.3 is 6.09 Å². The molecule has 1 fully saturated rings. The Morgan fingerprint density at radius 2 is 2.07 bits per heavy atom. The van der Waals surface area contributed by atoms with Gasteiger partial charge in [0.15, 0.2) is 0 Å². The van der Waals surface area contributed by atoms with Crippen molar-refractivity contribution in [2.24, 2.45) is 0 Å². The quantitative estimate of drug-likeness (QED) is 0.645. The molecule has 1 N–H and O–H groups in total. The molecule has 1 aliphatic heterocycles. The van der Waals surface area contributed by atoms with Crippen molar-refractivity contribution >= 4 is 6.09 Å². The van der Waals surface area contributed by atoms with Gasteiger partial charge in [0.1, 0.15) is 5.60 Å². The van der Waals surface area contributed by atoms with Crippen LogP contribution in [0.2, 0.25) is 0 Å². The summed E-state index contributed by atoms with van der Waals surface area (Å²) in [5.41, 5.74) is -0.399. The van der Waals surface area contributed by atoms with Gasteiger partial charge in [0.05, 0.1) is 6.67 Å². The van der Waals surface area contributed by atoms with Gasteiger partial charge in [0.25, 0.3) is 0 Å². The number of rotatable bonds is 0. The molecule has 0 saturated carbocycles. The van der Waals surface area contributed by atoms with Crippen LogP contribution in [-0.2, 0) is 4.74 Å². The summed E-state index contributed by atoms with van der Waals surface area (Å²) in [5.74, 6) is 0. The van der Waals surface area contributed by atoms with Gasteiger partial charge in [0.2, 0.25) is 0 Å². The lowest BCUT2D eigenvalue weighted by Gasteiger charge is -2.26. The van der Waals surface area contributed by atoms with E-state index >= 15 is 0 Å². The van der Waals surface area contributed by atoms with E-state index in [1.807, 2.05) is 20.8 Å². The molecule has 1 heterocycles. The maximum Gasteiger partial charge on any atom is 0.411 e. The van der Waals surface area contributed by atoms with E-state index in [2.05, 4.69) is 5.32 Å². The molecule has 4 nitrogen and oxygen atoms in total. The molecule has 1 aliphatic rings. The van der Waals surface area contributed by atoms with E-state index in [1.165, 1.54) is 0 Å². The average molecular weight is 200 g/mol. The highest BCUT2D eigenvalue weighted by molar-refractivity contribution is 5.68. The first kappa shape index (κ1) is 11.3. The molecule has 0 spiro atoms. The van der Waals surface area contributed by atoms with Crippen LogP contribution in [0.3, 0.4) is 0 Å². The number of amides is 1. The Kier molecular flexibility index (Phi) is 3.75. The summed E-state index contributed by atoms with van der Waals surface area (Å²) < 4.78 is 5.28. The van der Waals surface area contributed by atoms with Crippen LogP contribution < -0.4 is 5.32 Å². The standard InChI is InChI=1S/C10H20N2O2/c1-10(2,3)14-9(13)12-7-5-4-6-11-8-12/h11H,4-8H2,1-3H3. The number of nitrogens with zero attached hydrogens (tertiary/aromatic N) is 1. The molecule has 0 atom stereocenters. The van der Waals surface area contributed by atoms with E-state index < -0.39 is 5.60 Å². The third-order valence-electron chi connectivity index (χ3n) is 1.99. The van der Waals surface area contributed by atoms with Crippen molar-refractivity contribution in [3.8, 4) is 0 Å².